The van der Waals surface area contributed by atoms with Crippen molar-refractivity contribution in [2.24, 2.45) is 4.99 Å². The summed E-state index contributed by atoms with van der Waals surface area (Å²) in [6.45, 7) is 0.172. The van der Waals surface area contributed by atoms with Gasteiger partial charge in [0.1, 0.15) is 6.61 Å². The summed E-state index contributed by atoms with van der Waals surface area (Å²) >= 11 is 9.65. The second-order valence-corrected chi connectivity index (χ2v) is 8.32. The molecule has 0 N–H and O–H groups in total. The largest absolute Gasteiger partial charge is 0.493 e. The van der Waals surface area contributed by atoms with Crippen LogP contribution in [0.3, 0.4) is 0 Å². The van der Waals surface area contributed by atoms with Gasteiger partial charge >= 0.3 is 5.97 Å². The van der Waals surface area contributed by atoms with Gasteiger partial charge < -0.3 is 14.2 Å². The van der Waals surface area contributed by atoms with Crippen molar-refractivity contribution >= 4 is 51.2 Å². The highest BCUT2D eigenvalue weighted by Gasteiger charge is 2.25. The maximum atomic E-state index is 12.3. The Balaban J connectivity index is 1.57. The van der Waals surface area contributed by atoms with E-state index in [4.69, 9.17) is 25.8 Å². The highest BCUT2D eigenvalue weighted by Crippen LogP contribution is 2.38. The van der Waals surface area contributed by atoms with E-state index in [-0.39, 0.29) is 23.9 Å². The standard InChI is InChI=1S/C24H16BrClN2O6/c1-32-21-12-15(11-20-24(29)34-23(27-20)17-4-2-3-5-19(17)26)10-18(25)22(21)33-13-14-6-8-16(9-7-14)28(30)31/h2-12H,13H2,1H3/b20-11-. The van der Waals surface area contributed by atoms with Gasteiger partial charge in [-0.25, -0.2) is 9.79 Å². The van der Waals surface area contributed by atoms with Crippen molar-refractivity contribution < 1.29 is 23.9 Å². The first-order valence-electron chi connectivity index (χ1n) is 9.87. The van der Waals surface area contributed by atoms with Crippen LogP contribution in [0.1, 0.15) is 16.7 Å². The van der Waals surface area contributed by atoms with E-state index in [1.165, 1.54) is 19.2 Å². The molecular formula is C24H16BrClN2O6. The van der Waals surface area contributed by atoms with E-state index in [0.717, 1.165) is 5.56 Å². The number of rotatable bonds is 7. The van der Waals surface area contributed by atoms with Crippen LogP contribution in [0.5, 0.6) is 11.5 Å². The number of aliphatic imine (C=N–C) groups is 1. The number of benzene rings is 3. The molecule has 0 saturated carbocycles. The van der Waals surface area contributed by atoms with Gasteiger partial charge in [0.15, 0.2) is 17.2 Å². The Hall–Kier alpha value is -3.69. The normalized spacial score (nSPS) is 14.0. The summed E-state index contributed by atoms with van der Waals surface area (Å²) in [5.41, 5.74) is 2.02. The zero-order valence-electron chi connectivity index (χ0n) is 17.7. The van der Waals surface area contributed by atoms with Gasteiger partial charge in [-0.15, -0.1) is 0 Å². The predicted octanol–water partition coefficient (Wildman–Crippen LogP) is 5.94. The zero-order valence-corrected chi connectivity index (χ0v) is 20.0. The van der Waals surface area contributed by atoms with Gasteiger partial charge in [0.25, 0.3) is 5.69 Å². The van der Waals surface area contributed by atoms with Crippen LogP contribution in [-0.2, 0) is 16.1 Å². The summed E-state index contributed by atoms with van der Waals surface area (Å²) < 4.78 is 17.2. The predicted molar refractivity (Wildman–Crippen MR) is 130 cm³/mol. The summed E-state index contributed by atoms with van der Waals surface area (Å²) in [5.74, 6) is 0.404. The molecule has 0 aliphatic carbocycles. The third kappa shape index (κ3) is 5.11. The first kappa shape index (κ1) is 23.5. The minimum atomic E-state index is -0.594. The van der Waals surface area contributed by atoms with Crippen molar-refractivity contribution in [3.63, 3.8) is 0 Å². The number of hydrogen-bond donors (Lipinski definition) is 0. The second kappa shape index (κ2) is 10.1. The molecule has 34 heavy (non-hydrogen) atoms. The Morgan fingerprint density at radius 3 is 2.59 bits per heavy atom. The molecule has 0 fully saturated rings. The minimum absolute atomic E-state index is 0.00527. The summed E-state index contributed by atoms with van der Waals surface area (Å²) in [6.07, 6.45) is 1.57. The van der Waals surface area contributed by atoms with Gasteiger partial charge in [0, 0.05) is 12.1 Å². The summed E-state index contributed by atoms with van der Waals surface area (Å²) in [4.78, 5) is 27.0. The van der Waals surface area contributed by atoms with Gasteiger partial charge in [-0.3, -0.25) is 10.1 Å². The third-order valence-corrected chi connectivity index (χ3v) is 5.73. The van der Waals surface area contributed by atoms with Crippen molar-refractivity contribution in [1.82, 2.24) is 0 Å². The Labute approximate surface area is 207 Å². The number of nitro groups is 1. The molecule has 10 heteroatoms. The lowest BCUT2D eigenvalue weighted by molar-refractivity contribution is -0.384. The van der Waals surface area contributed by atoms with Crippen molar-refractivity contribution in [2.75, 3.05) is 7.11 Å². The molecule has 0 bridgehead atoms. The molecule has 0 atom stereocenters. The number of esters is 1. The molecule has 0 aromatic heterocycles. The molecule has 0 saturated heterocycles. The van der Waals surface area contributed by atoms with Crippen molar-refractivity contribution in [1.29, 1.82) is 0 Å². The number of nitro benzene ring substituents is 1. The van der Waals surface area contributed by atoms with Crippen molar-refractivity contribution in [3.8, 4) is 11.5 Å². The van der Waals surface area contributed by atoms with Crippen LogP contribution in [0, 0.1) is 10.1 Å². The van der Waals surface area contributed by atoms with E-state index >= 15 is 0 Å². The van der Waals surface area contributed by atoms with Crippen LogP contribution >= 0.6 is 27.5 Å². The molecule has 3 aromatic carbocycles. The van der Waals surface area contributed by atoms with Gasteiger partial charge in [-0.05, 0) is 69.5 Å². The number of ether oxygens (including phenoxy) is 3. The molecule has 0 radical (unpaired) electrons. The van der Waals surface area contributed by atoms with Gasteiger partial charge in [-0.2, -0.15) is 0 Å². The first-order chi connectivity index (χ1) is 16.4. The highest BCUT2D eigenvalue weighted by molar-refractivity contribution is 9.10. The molecule has 0 amide bonds. The number of halogens is 2. The number of carbonyl (C=O) groups excluding carboxylic acids is 1. The molecule has 0 spiro atoms. The average molecular weight is 544 g/mol. The number of hydrogen-bond acceptors (Lipinski definition) is 7. The quantitative estimate of drug-likeness (QED) is 0.158. The fourth-order valence-electron chi connectivity index (χ4n) is 3.15. The van der Waals surface area contributed by atoms with Crippen LogP contribution in [0.4, 0.5) is 5.69 Å². The number of methoxy groups -OCH3 is 1. The zero-order chi connectivity index (χ0) is 24.2. The lowest BCUT2D eigenvalue weighted by Gasteiger charge is -2.13. The van der Waals surface area contributed by atoms with Gasteiger partial charge in [-0.1, -0.05) is 23.7 Å². The third-order valence-electron chi connectivity index (χ3n) is 4.81. The lowest BCUT2D eigenvalue weighted by Crippen LogP contribution is -2.05. The summed E-state index contributed by atoms with van der Waals surface area (Å²) in [6, 6.07) is 16.5. The molecule has 1 aliphatic rings. The lowest BCUT2D eigenvalue weighted by atomic mass is 10.1. The fraction of sp³-hybridized carbons (Fsp3) is 0.0833. The molecule has 1 heterocycles. The van der Waals surface area contributed by atoms with Gasteiger partial charge in [0.05, 0.1) is 27.1 Å². The van der Waals surface area contributed by atoms with Crippen LogP contribution in [0.15, 0.2) is 75.8 Å². The van der Waals surface area contributed by atoms with E-state index in [0.29, 0.717) is 32.1 Å². The maximum Gasteiger partial charge on any atom is 0.363 e. The molecule has 4 rings (SSSR count). The smallest absolute Gasteiger partial charge is 0.363 e. The SMILES string of the molecule is COc1cc(/C=C2\N=C(c3ccccc3Cl)OC2=O)cc(Br)c1OCc1ccc([N+](=O)[O-])cc1. The Kier molecular flexibility index (Phi) is 6.95. The minimum Gasteiger partial charge on any atom is -0.493 e. The second-order valence-electron chi connectivity index (χ2n) is 7.06. The number of cyclic esters (lactones) is 1. The Bertz CT molecular complexity index is 1340. The van der Waals surface area contributed by atoms with Gasteiger partial charge in [0.2, 0.25) is 5.90 Å². The molecule has 172 valence electrons. The molecule has 0 unspecified atom stereocenters. The van der Waals surface area contributed by atoms with Crippen LogP contribution in [0.2, 0.25) is 5.02 Å². The van der Waals surface area contributed by atoms with Crippen molar-refractivity contribution in [3.05, 3.63) is 103 Å². The van der Waals surface area contributed by atoms with E-state index in [1.807, 2.05) is 0 Å². The van der Waals surface area contributed by atoms with E-state index < -0.39 is 10.9 Å². The van der Waals surface area contributed by atoms with Crippen LogP contribution < -0.4 is 9.47 Å². The molecule has 3 aromatic rings. The monoisotopic (exact) mass is 542 g/mol. The Morgan fingerprint density at radius 2 is 1.91 bits per heavy atom. The number of carbonyl (C=O) groups is 1. The molecular weight excluding hydrogens is 528 g/mol. The molecule has 1 aliphatic heterocycles. The van der Waals surface area contributed by atoms with Crippen LogP contribution in [-0.4, -0.2) is 23.9 Å². The van der Waals surface area contributed by atoms with E-state index in [9.17, 15) is 14.9 Å². The first-order valence-corrected chi connectivity index (χ1v) is 11.0. The van der Waals surface area contributed by atoms with Crippen LogP contribution in [0.25, 0.3) is 6.08 Å². The number of non-ortho nitro benzene ring substituents is 1. The molecule has 8 nitrogen and oxygen atoms in total. The Morgan fingerprint density at radius 1 is 1.18 bits per heavy atom. The fourth-order valence-corrected chi connectivity index (χ4v) is 3.94. The van der Waals surface area contributed by atoms with E-state index in [2.05, 4.69) is 20.9 Å². The summed E-state index contributed by atoms with van der Waals surface area (Å²) in [7, 11) is 1.49. The average Bonchev–Trinajstić information content (AvgIpc) is 3.18. The number of nitrogens with zero attached hydrogens (tertiary/aromatic N) is 2. The van der Waals surface area contributed by atoms with E-state index in [1.54, 1.807) is 54.6 Å². The van der Waals surface area contributed by atoms with Crippen molar-refractivity contribution in [2.45, 2.75) is 6.61 Å². The highest BCUT2D eigenvalue weighted by atomic mass is 79.9. The maximum absolute atomic E-state index is 12.3. The topological polar surface area (TPSA) is 100 Å². The summed E-state index contributed by atoms with van der Waals surface area (Å²) in [5, 5.41) is 11.2.